The van der Waals surface area contributed by atoms with Crippen LogP contribution in [0, 0.1) is 0 Å². The third kappa shape index (κ3) is 6.65. The molecule has 1 atom stereocenters. The van der Waals surface area contributed by atoms with Gasteiger partial charge in [0, 0.05) is 35.7 Å². The lowest BCUT2D eigenvalue weighted by molar-refractivity contribution is -0.142. The van der Waals surface area contributed by atoms with Crippen LogP contribution in [0.25, 0.3) is 0 Å². The first-order valence-electron chi connectivity index (χ1n) is 8.83. The molecule has 162 valence electrons. The molecule has 10 heteroatoms. The molecule has 0 aliphatic rings. The SMILES string of the molecule is COC(=O)[C@H](Cc1cc(Cl)ccc1Br)NC(=O)c1ccc(CP(=O)(OC)OC)cc1. The van der Waals surface area contributed by atoms with Crippen LogP contribution >= 0.6 is 35.1 Å². The number of hydrogen-bond acceptors (Lipinski definition) is 6. The van der Waals surface area contributed by atoms with E-state index >= 15 is 0 Å². The van der Waals surface area contributed by atoms with E-state index < -0.39 is 25.5 Å². The number of esters is 1. The van der Waals surface area contributed by atoms with Gasteiger partial charge in [-0.15, -0.1) is 0 Å². The number of rotatable bonds is 9. The highest BCUT2D eigenvalue weighted by atomic mass is 79.9. The number of ether oxygens (including phenoxy) is 1. The van der Waals surface area contributed by atoms with E-state index in [1.165, 1.54) is 21.3 Å². The third-order valence-corrected chi connectivity index (χ3v) is 7.25. The Hall–Kier alpha value is -1.70. The summed E-state index contributed by atoms with van der Waals surface area (Å²) in [4.78, 5) is 24.9. The zero-order chi connectivity index (χ0) is 22.3. The summed E-state index contributed by atoms with van der Waals surface area (Å²) in [6.45, 7) is 0. The number of halogens is 2. The highest BCUT2D eigenvalue weighted by Gasteiger charge is 2.25. The minimum absolute atomic E-state index is 0.0788. The van der Waals surface area contributed by atoms with E-state index in [1.54, 1.807) is 42.5 Å². The summed E-state index contributed by atoms with van der Waals surface area (Å²) in [5, 5.41) is 3.20. The van der Waals surface area contributed by atoms with E-state index in [2.05, 4.69) is 21.2 Å². The van der Waals surface area contributed by atoms with Gasteiger partial charge >= 0.3 is 13.6 Å². The second kappa shape index (κ2) is 11.1. The quantitative estimate of drug-likeness (QED) is 0.385. The van der Waals surface area contributed by atoms with Crippen LogP contribution in [0.4, 0.5) is 0 Å². The summed E-state index contributed by atoms with van der Waals surface area (Å²) in [5.41, 5.74) is 1.77. The molecule has 0 heterocycles. The van der Waals surface area contributed by atoms with Gasteiger partial charge in [0.1, 0.15) is 6.04 Å². The van der Waals surface area contributed by atoms with Crippen molar-refractivity contribution in [1.82, 2.24) is 5.32 Å². The fourth-order valence-electron chi connectivity index (χ4n) is 2.69. The fraction of sp³-hybridized carbons (Fsp3) is 0.300. The van der Waals surface area contributed by atoms with Gasteiger partial charge in [-0.1, -0.05) is 39.7 Å². The average molecular weight is 519 g/mol. The van der Waals surface area contributed by atoms with Gasteiger partial charge in [-0.25, -0.2) is 4.79 Å². The maximum atomic E-state index is 12.7. The maximum absolute atomic E-state index is 12.7. The molecule has 7 nitrogen and oxygen atoms in total. The summed E-state index contributed by atoms with van der Waals surface area (Å²) in [7, 11) is 0.684. The molecule has 1 N–H and O–H groups in total. The topological polar surface area (TPSA) is 90.9 Å². The lowest BCUT2D eigenvalue weighted by Gasteiger charge is -2.18. The molecule has 0 aliphatic carbocycles. The summed E-state index contributed by atoms with van der Waals surface area (Å²) in [5.74, 6) is -1.02. The predicted octanol–water partition coefficient (Wildman–Crippen LogP) is 4.60. The molecule has 0 saturated heterocycles. The van der Waals surface area contributed by atoms with Crippen LogP contribution in [0.3, 0.4) is 0 Å². The molecule has 1 amide bonds. The van der Waals surface area contributed by atoms with Crippen molar-refractivity contribution in [3.05, 3.63) is 68.7 Å². The smallest absolute Gasteiger partial charge is 0.334 e. The first kappa shape index (κ1) is 24.6. The molecule has 30 heavy (non-hydrogen) atoms. The largest absolute Gasteiger partial charge is 0.467 e. The van der Waals surface area contributed by atoms with Crippen LogP contribution in [0.1, 0.15) is 21.5 Å². The Morgan fingerprint density at radius 2 is 1.73 bits per heavy atom. The van der Waals surface area contributed by atoms with Crippen molar-refractivity contribution in [3.8, 4) is 0 Å². The third-order valence-electron chi connectivity index (χ3n) is 4.37. The lowest BCUT2D eigenvalue weighted by Crippen LogP contribution is -2.43. The van der Waals surface area contributed by atoms with Crippen LogP contribution < -0.4 is 5.32 Å². The van der Waals surface area contributed by atoms with Gasteiger partial charge in [0.05, 0.1) is 13.3 Å². The number of methoxy groups -OCH3 is 1. The maximum Gasteiger partial charge on any atom is 0.334 e. The van der Waals surface area contributed by atoms with Crippen LogP contribution in [0.5, 0.6) is 0 Å². The molecule has 0 fully saturated rings. The zero-order valence-corrected chi connectivity index (χ0v) is 19.9. The summed E-state index contributed by atoms with van der Waals surface area (Å²) in [6.07, 6.45) is 0.276. The summed E-state index contributed by atoms with van der Waals surface area (Å²) >= 11 is 9.45. The van der Waals surface area contributed by atoms with Crippen molar-refractivity contribution in [1.29, 1.82) is 0 Å². The van der Waals surface area contributed by atoms with Crippen LogP contribution in [0.15, 0.2) is 46.9 Å². The molecular weight excluding hydrogens is 497 g/mol. The van der Waals surface area contributed by atoms with Crippen molar-refractivity contribution in [2.45, 2.75) is 18.6 Å². The van der Waals surface area contributed by atoms with Gasteiger partial charge in [-0.2, -0.15) is 0 Å². The minimum Gasteiger partial charge on any atom is -0.467 e. The number of carbonyl (C=O) groups is 2. The van der Waals surface area contributed by atoms with Gasteiger partial charge in [0.15, 0.2) is 0 Å². The molecular formula is C20H22BrClNO6P. The molecule has 0 spiro atoms. The van der Waals surface area contributed by atoms with Crippen molar-refractivity contribution in [3.63, 3.8) is 0 Å². The highest BCUT2D eigenvalue weighted by Crippen LogP contribution is 2.49. The molecule has 2 aromatic carbocycles. The zero-order valence-electron chi connectivity index (χ0n) is 16.7. The van der Waals surface area contributed by atoms with Crippen molar-refractivity contribution in [2.24, 2.45) is 0 Å². The highest BCUT2D eigenvalue weighted by molar-refractivity contribution is 9.10. The minimum atomic E-state index is -3.21. The first-order valence-corrected chi connectivity index (χ1v) is 11.7. The standard InChI is InChI=1S/C20H22BrClNO6P/c1-27-20(25)18(11-15-10-16(22)8-9-17(15)21)23-19(24)14-6-4-13(5-7-14)12-30(26,28-2)29-3/h4-10,18H,11-12H2,1-3H3,(H,23,24)/t18-/m0/s1. The Balaban J connectivity index is 2.14. The fourth-order valence-corrected chi connectivity index (χ4v) is 4.35. The van der Waals surface area contributed by atoms with E-state index in [-0.39, 0.29) is 12.6 Å². The lowest BCUT2D eigenvalue weighted by atomic mass is 10.0. The summed E-state index contributed by atoms with van der Waals surface area (Å²) < 4.78 is 27.7. The number of benzene rings is 2. The van der Waals surface area contributed by atoms with Gasteiger partial charge in [-0.05, 0) is 41.5 Å². The van der Waals surface area contributed by atoms with E-state index in [0.717, 1.165) is 10.0 Å². The Morgan fingerprint density at radius 3 is 2.30 bits per heavy atom. The van der Waals surface area contributed by atoms with Gasteiger partial charge in [-0.3, -0.25) is 9.36 Å². The molecule has 0 unspecified atom stereocenters. The Kier molecular flexibility index (Phi) is 9.07. The number of amides is 1. The second-order valence-electron chi connectivity index (χ2n) is 6.32. The Labute approximate surface area is 188 Å². The van der Waals surface area contributed by atoms with E-state index in [4.69, 9.17) is 25.4 Å². The van der Waals surface area contributed by atoms with Crippen LogP contribution in [0.2, 0.25) is 5.02 Å². The normalized spacial score (nSPS) is 12.3. The van der Waals surface area contributed by atoms with E-state index in [1.807, 2.05) is 0 Å². The van der Waals surface area contributed by atoms with E-state index in [0.29, 0.717) is 16.1 Å². The molecule has 2 aromatic rings. The molecule has 0 bridgehead atoms. The van der Waals surface area contributed by atoms with Crippen molar-refractivity contribution >= 4 is 47.0 Å². The van der Waals surface area contributed by atoms with Gasteiger partial charge in [0.2, 0.25) is 0 Å². The number of hydrogen-bond donors (Lipinski definition) is 1. The molecule has 0 aromatic heterocycles. The summed E-state index contributed by atoms with van der Waals surface area (Å²) in [6, 6.07) is 10.7. The Bertz CT molecular complexity index is 945. The van der Waals surface area contributed by atoms with Crippen LogP contribution in [-0.4, -0.2) is 39.2 Å². The second-order valence-corrected chi connectivity index (χ2v) is 9.88. The van der Waals surface area contributed by atoms with Crippen molar-refractivity contribution < 1.29 is 27.9 Å². The average Bonchev–Trinajstić information content (AvgIpc) is 2.75. The number of carbonyl (C=O) groups excluding carboxylic acids is 2. The Morgan fingerprint density at radius 1 is 1.10 bits per heavy atom. The van der Waals surface area contributed by atoms with E-state index in [9.17, 15) is 14.2 Å². The molecule has 0 radical (unpaired) electrons. The predicted molar refractivity (Wildman–Crippen MR) is 118 cm³/mol. The molecule has 0 saturated carbocycles. The van der Waals surface area contributed by atoms with Crippen LogP contribution in [-0.2, 0) is 35.7 Å². The molecule has 2 rings (SSSR count). The first-order chi connectivity index (χ1) is 14.2. The number of nitrogens with one attached hydrogen (secondary N) is 1. The molecule has 0 aliphatic heterocycles. The van der Waals surface area contributed by atoms with Crippen molar-refractivity contribution in [2.75, 3.05) is 21.3 Å². The van der Waals surface area contributed by atoms with Gasteiger partial charge in [0.25, 0.3) is 5.91 Å². The monoisotopic (exact) mass is 517 g/mol. The van der Waals surface area contributed by atoms with Gasteiger partial charge < -0.3 is 19.1 Å².